The molecule has 0 aliphatic carbocycles. The van der Waals surface area contributed by atoms with Crippen molar-refractivity contribution >= 4 is 10.0 Å². The molecule has 1 aliphatic rings. The van der Waals surface area contributed by atoms with E-state index in [1.165, 1.54) is 10.4 Å². The molecule has 0 atom stereocenters. The molecule has 24 heavy (non-hydrogen) atoms. The fourth-order valence-electron chi connectivity index (χ4n) is 2.62. The van der Waals surface area contributed by atoms with E-state index in [0.717, 1.165) is 12.1 Å². The molecule has 0 saturated carbocycles. The van der Waals surface area contributed by atoms with E-state index in [-0.39, 0.29) is 23.9 Å². The second-order valence-corrected chi connectivity index (χ2v) is 7.64. The number of rotatable bonds is 6. The van der Waals surface area contributed by atoms with Crippen LogP contribution in [0.25, 0.3) is 0 Å². The van der Waals surface area contributed by atoms with E-state index in [4.69, 9.17) is 4.74 Å². The van der Waals surface area contributed by atoms with Crippen molar-refractivity contribution in [3.63, 3.8) is 0 Å². The second-order valence-electron chi connectivity index (χ2n) is 5.70. The standard InChI is InChI=1S/C16H20F3NO3S/c1-2-10-23-12-13-6-8-20(9-7-13)24(21,22)15-5-3-4-14(11-15)16(17,18)19/h2-5,11,13H,1,6-10,12H2. The van der Waals surface area contributed by atoms with Gasteiger partial charge in [0.1, 0.15) is 0 Å². The lowest BCUT2D eigenvalue weighted by Gasteiger charge is -2.31. The first-order chi connectivity index (χ1) is 11.2. The molecule has 1 fully saturated rings. The van der Waals surface area contributed by atoms with Gasteiger partial charge in [-0.1, -0.05) is 12.1 Å². The number of hydrogen-bond donors (Lipinski definition) is 0. The molecule has 0 unspecified atom stereocenters. The highest BCUT2D eigenvalue weighted by Crippen LogP contribution is 2.32. The van der Waals surface area contributed by atoms with Gasteiger partial charge < -0.3 is 4.74 Å². The summed E-state index contributed by atoms with van der Waals surface area (Å²) in [5.74, 6) is 0.248. The number of benzene rings is 1. The number of halogens is 3. The molecule has 1 aliphatic heterocycles. The van der Waals surface area contributed by atoms with Crippen LogP contribution in [-0.4, -0.2) is 39.0 Å². The quantitative estimate of drug-likeness (QED) is 0.575. The highest BCUT2D eigenvalue weighted by molar-refractivity contribution is 7.89. The van der Waals surface area contributed by atoms with Crippen LogP contribution >= 0.6 is 0 Å². The van der Waals surface area contributed by atoms with Crippen LogP contribution in [0, 0.1) is 5.92 Å². The summed E-state index contributed by atoms with van der Waals surface area (Å²) in [5, 5.41) is 0. The molecule has 0 radical (unpaired) electrons. The van der Waals surface area contributed by atoms with E-state index in [1.54, 1.807) is 6.08 Å². The van der Waals surface area contributed by atoms with Gasteiger partial charge in [-0.2, -0.15) is 17.5 Å². The molecule has 134 valence electrons. The van der Waals surface area contributed by atoms with E-state index in [0.29, 0.717) is 32.1 Å². The van der Waals surface area contributed by atoms with Gasteiger partial charge in [0.05, 0.1) is 17.1 Å². The van der Waals surface area contributed by atoms with Crippen LogP contribution in [0.2, 0.25) is 0 Å². The zero-order valence-electron chi connectivity index (χ0n) is 13.1. The van der Waals surface area contributed by atoms with E-state index in [1.807, 2.05) is 0 Å². The summed E-state index contributed by atoms with van der Waals surface area (Å²) in [6.45, 7) is 5.09. The molecule has 4 nitrogen and oxygen atoms in total. The average Bonchev–Trinajstić information content (AvgIpc) is 2.55. The lowest BCUT2D eigenvalue weighted by Crippen LogP contribution is -2.39. The van der Waals surface area contributed by atoms with Gasteiger partial charge in [0.15, 0.2) is 0 Å². The summed E-state index contributed by atoms with van der Waals surface area (Å²) in [5.41, 5.74) is -0.962. The third kappa shape index (κ3) is 4.58. The molecule has 0 aromatic heterocycles. The smallest absolute Gasteiger partial charge is 0.377 e. The van der Waals surface area contributed by atoms with Crippen LogP contribution in [-0.2, 0) is 20.9 Å². The molecular formula is C16H20F3NO3S. The maximum atomic E-state index is 12.8. The maximum Gasteiger partial charge on any atom is 0.416 e. The Morgan fingerprint density at radius 3 is 2.54 bits per heavy atom. The summed E-state index contributed by atoms with van der Waals surface area (Å²) >= 11 is 0. The van der Waals surface area contributed by atoms with Crippen molar-refractivity contribution in [3.8, 4) is 0 Å². The number of piperidine rings is 1. The molecule has 0 amide bonds. The van der Waals surface area contributed by atoms with Crippen molar-refractivity contribution in [1.29, 1.82) is 0 Å². The molecule has 0 spiro atoms. The van der Waals surface area contributed by atoms with Crippen molar-refractivity contribution in [3.05, 3.63) is 42.5 Å². The topological polar surface area (TPSA) is 46.6 Å². The average molecular weight is 363 g/mol. The minimum atomic E-state index is -4.57. The van der Waals surface area contributed by atoms with Crippen LogP contribution in [0.4, 0.5) is 13.2 Å². The summed E-state index contributed by atoms with van der Waals surface area (Å²) in [6, 6.07) is 3.87. The van der Waals surface area contributed by atoms with Crippen LogP contribution < -0.4 is 0 Å². The SMILES string of the molecule is C=CCOCC1CCN(S(=O)(=O)c2cccc(C(F)(F)F)c2)CC1. The second kappa shape index (κ2) is 7.67. The third-order valence-electron chi connectivity index (χ3n) is 3.96. The molecule has 2 rings (SSSR count). The first kappa shape index (κ1) is 19.0. The Balaban J connectivity index is 2.05. The van der Waals surface area contributed by atoms with Crippen LogP contribution in [0.1, 0.15) is 18.4 Å². The number of hydrogen-bond acceptors (Lipinski definition) is 3. The normalized spacial score (nSPS) is 17.8. The Kier molecular flexibility index (Phi) is 6.06. The van der Waals surface area contributed by atoms with E-state index < -0.39 is 21.8 Å². The number of alkyl halides is 3. The first-order valence-electron chi connectivity index (χ1n) is 7.61. The fourth-order valence-corrected chi connectivity index (χ4v) is 4.13. The van der Waals surface area contributed by atoms with Crippen molar-refractivity contribution in [2.24, 2.45) is 5.92 Å². The Labute approximate surface area is 140 Å². The zero-order chi connectivity index (χ0) is 17.8. The molecule has 0 bridgehead atoms. The minimum absolute atomic E-state index is 0.248. The van der Waals surface area contributed by atoms with Gasteiger partial charge in [0.2, 0.25) is 10.0 Å². The predicted molar refractivity (Wildman–Crippen MR) is 83.9 cm³/mol. The molecular weight excluding hydrogens is 343 g/mol. The molecule has 8 heteroatoms. The Bertz CT molecular complexity index is 665. The van der Waals surface area contributed by atoms with E-state index in [9.17, 15) is 21.6 Å². The Morgan fingerprint density at radius 1 is 1.29 bits per heavy atom. The summed E-state index contributed by atoms with van der Waals surface area (Å²) in [7, 11) is -3.92. The third-order valence-corrected chi connectivity index (χ3v) is 5.86. The van der Waals surface area contributed by atoms with Crippen molar-refractivity contribution in [2.45, 2.75) is 23.9 Å². The summed E-state index contributed by atoms with van der Waals surface area (Å²) in [4.78, 5) is -0.321. The van der Waals surface area contributed by atoms with Gasteiger partial charge in [0, 0.05) is 19.7 Å². The van der Waals surface area contributed by atoms with Crippen molar-refractivity contribution in [2.75, 3.05) is 26.3 Å². The monoisotopic (exact) mass is 363 g/mol. The minimum Gasteiger partial charge on any atom is -0.377 e. The summed E-state index contributed by atoms with van der Waals surface area (Å²) < 4.78 is 70.0. The van der Waals surface area contributed by atoms with Crippen molar-refractivity contribution in [1.82, 2.24) is 4.31 Å². The number of sulfonamides is 1. The van der Waals surface area contributed by atoms with Gasteiger partial charge >= 0.3 is 6.18 Å². The van der Waals surface area contributed by atoms with E-state index in [2.05, 4.69) is 6.58 Å². The number of ether oxygens (including phenoxy) is 1. The maximum absolute atomic E-state index is 12.8. The molecule has 1 saturated heterocycles. The predicted octanol–water partition coefficient (Wildman–Crippen LogP) is 3.31. The lowest BCUT2D eigenvalue weighted by molar-refractivity contribution is -0.137. The largest absolute Gasteiger partial charge is 0.416 e. The van der Waals surface area contributed by atoms with Crippen molar-refractivity contribution < 1.29 is 26.3 Å². The molecule has 1 heterocycles. The van der Waals surface area contributed by atoms with Gasteiger partial charge in [-0.3, -0.25) is 0 Å². The van der Waals surface area contributed by atoms with Gasteiger partial charge in [0.25, 0.3) is 0 Å². The zero-order valence-corrected chi connectivity index (χ0v) is 13.9. The highest BCUT2D eigenvalue weighted by atomic mass is 32.2. The van der Waals surface area contributed by atoms with Gasteiger partial charge in [-0.05, 0) is 37.0 Å². The van der Waals surface area contributed by atoms with E-state index >= 15 is 0 Å². The molecule has 1 aromatic carbocycles. The van der Waals surface area contributed by atoms with Crippen LogP contribution in [0.15, 0.2) is 41.8 Å². The Hall–Kier alpha value is -1.38. The Morgan fingerprint density at radius 2 is 1.96 bits per heavy atom. The van der Waals surface area contributed by atoms with Gasteiger partial charge in [-0.25, -0.2) is 8.42 Å². The van der Waals surface area contributed by atoms with Crippen LogP contribution in [0.5, 0.6) is 0 Å². The molecule has 0 N–H and O–H groups in total. The lowest BCUT2D eigenvalue weighted by atomic mass is 9.99. The summed E-state index contributed by atoms with van der Waals surface area (Å²) in [6.07, 6.45) is -1.68. The van der Waals surface area contributed by atoms with Gasteiger partial charge in [-0.15, -0.1) is 6.58 Å². The van der Waals surface area contributed by atoms with Crippen LogP contribution in [0.3, 0.4) is 0 Å². The highest BCUT2D eigenvalue weighted by Gasteiger charge is 2.34. The first-order valence-corrected chi connectivity index (χ1v) is 9.05. The number of nitrogens with zero attached hydrogens (tertiary/aromatic N) is 1. The molecule has 1 aromatic rings. The fraction of sp³-hybridized carbons (Fsp3) is 0.500.